The quantitative estimate of drug-likeness (QED) is 0.889. The summed E-state index contributed by atoms with van der Waals surface area (Å²) < 4.78 is 0. The van der Waals surface area contributed by atoms with Gasteiger partial charge < -0.3 is 10.4 Å². The summed E-state index contributed by atoms with van der Waals surface area (Å²) in [6, 6.07) is 7.06. The third-order valence-electron chi connectivity index (χ3n) is 2.74. The number of benzene rings is 1. The maximum Gasteiger partial charge on any atom is 0.335 e. The van der Waals surface area contributed by atoms with Crippen molar-refractivity contribution in [3.8, 4) is 10.4 Å². The average Bonchev–Trinajstić information content (AvgIpc) is 2.87. The smallest absolute Gasteiger partial charge is 0.335 e. The molecule has 0 spiro atoms. The van der Waals surface area contributed by atoms with Crippen LogP contribution in [0.3, 0.4) is 0 Å². The van der Waals surface area contributed by atoms with Gasteiger partial charge in [-0.15, -0.1) is 11.3 Å². The van der Waals surface area contributed by atoms with Gasteiger partial charge in [0.15, 0.2) is 0 Å². The van der Waals surface area contributed by atoms with E-state index >= 15 is 0 Å². The van der Waals surface area contributed by atoms with Crippen molar-refractivity contribution in [3.05, 3.63) is 41.0 Å². The molecule has 1 aromatic carbocycles. The molecule has 0 unspecified atom stereocenters. The summed E-state index contributed by atoms with van der Waals surface area (Å²) in [4.78, 5) is 16.2. The molecule has 0 radical (unpaired) electrons. The second kappa shape index (κ2) is 5.29. The first-order valence-corrected chi connectivity index (χ1v) is 6.40. The maximum absolute atomic E-state index is 10.8. The lowest BCUT2D eigenvalue weighted by Crippen LogP contribution is -2.11. The molecule has 1 heterocycles. The Hall–Kier alpha value is -1.72. The molecule has 2 N–H and O–H groups in total. The van der Waals surface area contributed by atoms with E-state index in [9.17, 15) is 4.79 Å². The second-order valence-electron chi connectivity index (χ2n) is 3.96. The first kappa shape index (κ1) is 12.7. The van der Waals surface area contributed by atoms with E-state index < -0.39 is 5.97 Å². The van der Waals surface area contributed by atoms with Gasteiger partial charge in [0.25, 0.3) is 0 Å². The van der Waals surface area contributed by atoms with Crippen LogP contribution in [0.2, 0.25) is 0 Å². The van der Waals surface area contributed by atoms with Gasteiger partial charge in [0.2, 0.25) is 0 Å². The van der Waals surface area contributed by atoms with Crippen molar-refractivity contribution in [2.24, 2.45) is 0 Å². The lowest BCUT2D eigenvalue weighted by Gasteiger charge is -2.04. The molecule has 0 saturated carbocycles. The predicted molar refractivity (Wildman–Crippen MR) is 72.0 cm³/mol. The summed E-state index contributed by atoms with van der Waals surface area (Å²) in [7, 11) is 1.90. The van der Waals surface area contributed by atoms with E-state index in [0.717, 1.165) is 15.4 Å². The van der Waals surface area contributed by atoms with Crippen LogP contribution in [0.15, 0.2) is 30.5 Å². The minimum atomic E-state index is -0.907. The Morgan fingerprint density at radius 1 is 1.39 bits per heavy atom. The number of carbonyl (C=O) groups is 1. The van der Waals surface area contributed by atoms with Gasteiger partial charge >= 0.3 is 5.97 Å². The Kier molecular flexibility index (Phi) is 3.74. The number of thiazole rings is 1. The molecule has 0 amide bonds. The minimum Gasteiger partial charge on any atom is -0.478 e. The molecular weight excluding hydrogens is 248 g/mol. The zero-order chi connectivity index (χ0) is 13.1. The summed E-state index contributed by atoms with van der Waals surface area (Å²) in [5.74, 6) is -0.907. The molecule has 2 rings (SSSR count). The van der Waals surface area contributed by atoms with Gasteiger partial charge in [-0.05, 0) is 31.7 Å². The number of hydrogen-bond donors (Lipinski definition) is 2. The highest BCUT2D eigenvalue weighted by Crippen LogP contribution is 2.29. The Morgan fingerprint density at radius 3 is 2.61 bits per heavy atom. The first-order chi connectivity index (χ1) is 8.61. The molecule has 0 fully saturated rings. The standard InChI is InChI=1S/C13H14N2O2S/c1-8(14-2)12-15-7-11(18-12)9-3-5-10(6-4-9)13(16)17/h3-8,14H,1-2H3,(H,16,17)/t8-/m0/s1. The van der Waals surface area contributed by atoms with Crippen molar-refractivity contribution >= 4 is 17.3 Å². The summed E-state index contributed by atoms with van der Waals surface area (Å²) in [6.07, 6.45) is 1.82. The topological polar surface area (TPSA) is 62.2 Å². The monoisotopic (exact) mass is 262 g/mol. The fourth-order valence-electron chi connectivity index (χ4n) is 1.52. The van der Waals surface area contributed by atoms with E-state index in [1.807, 2.05) is 25.4 Å². The van der Waals surface area contributed by atoms with Gasteiger partial charge in [0, 0.05) is 6.20 Å². The highest BCUT2D eigenvalue weighted by atomic mass is 32.1. The van der Waals surface area contributed by atoms with Crippen LogP contribution in [-0.2, 0) is 0 Å². The highest BCUT2D eigenvalue weighted by Gasteiger charge is 2.10. The third-order valence-corrected chi connectivity index (χ3v) is 3.97. The van der Waals surface area contributed by atoms with Crippen LogP contribution >= 0.6 is 11.3 Å². The molecule has 1 aromatic heterocycles. The molecular formula is C13H14N2O2S. The molecule has 0 bridgehead atoms. The van der Waals surface area contributed by atoms with Crippen molar-refractivity contribution in [2.75, 3.05) is 7.05 Å². The fraction of sp³-hybridized carbons (Fsp3) is 0.231. The lowest BCUT2D eigenvalue weighted by atomic mass is 10.1. The van der Waals surface area contributed by atoms with E-state index in [-0.39, 0.29) is 6.04 Å². The average molecular weight is 262 g/mol. The van der Waals surface area contributed by atoms with Gasteiger partial charge in [0.05, 0.1) is 16.5 Å². The molecule has 0 aliphatic heterocycles. The van der Waals surface area contributed by atoms with Crippen LogP contribution in [0, 0.1) is 0 Å². The predicted octanol–water partition coefficient (Wildman–Crippen LogP) is 2.79. The first-order valence-electron chi connectivity index (χ1n) is 5.58. The van der Waals surface area contributed by atoms with Crippen molar-refractivity contribution in [1.29, 1.82) is 0 Å². The normalized spacial score (nSPS) is 12.3. The fourth-order valence-corrected chi connectivity index (χ4v) is 2.51. The van der Waals surface area contributed by atoms with Gasteiger partial charge in [-0.1, -0.05) is 12.1 Å². The number of hydrogen-bond acceptors (Lipinski definition) is 4. The van der Waals surface area contributed by atoms with Gasteiger partial charge in [-0.2, -0.15) is 0 Å². The number of aromatic carboxylic acids is 1. The molecule has 18 heavy (non-hydrogen) atoms. The molecule has 0 aliphatic rings. The molecule has 0 saturated heterocycles. The Balaban J connectivity index is 2.26. The zero-order valence-electron chi connectivity index (χ0n) is 10.2. The molecule has 2 aromatic rings. The molecule has 94 valence electrons. The van der Waals surface area contributed by atoms with Crippen LogP contribution in [-0.4, -0.2) is 23.1 Å². The van der Waals surface area contributed by atoms with E-state index in [1.165, 1.54) is 0 Å². The van der Waals surface area contributed by atoms with Crippen LogP contribution in [0.5, 0.6) is 0 Å². The van der Waals surface area contributed by atoms with E-state index in [1.54, 1.807) is 23.5 Å². The Bertz CT molecular complexity index is 548. The van der Waals surface area contributed by atoms with Crippen molar-refractivity contribution < 1.29 is 9.90 Å². The van der Waals surface area contributed by atoms with Crippen molar-refractivity contribution in [2.45, 2.75) is 13.0 Å². The number of nitrogens with zero attached hydrogens (tertiary/aromatic N) is 1. The van der Waals surface area contributed by atoms with Crippen LogP contribution in [0.4, 0.5) is 0 Å². The van der Waals surface area contributed by atoms with E-state index in [2.05, 4.69) is 17.2 Å². The molecule has 1 atom stereocenters. The van der Waals surface area contributed by atoms with Crippen molar-refractivity contribution in [1.82, 2.24) is 10.3 Å². The van der Waals surface area contributed by atoms with Gasteiger partial charge in [-0.25, -0.2) is 9.78 Å². The second-order valence-corrected chi connectivity index (χ2v) is 5.02. The molecule has 4 nitrogen and oxygen atoms in total. The third kappa shape index (κ3) is 2.57. The van der Waals surface area contributed by atoms with Crippen LogP contribution < -0.4 is 5.32 Å². The van der Waals surface area contributed by atoms with Crippen LogP contribution in [0.25, 0.3) is 10.4 Å². The van der Waals surface area contributed by atoms with E-state index in [0.29, 0.717) is 5.56 Å². The summed E-state index contributed by atoms with van der Waals surface area (Å²) in [6.45, 7) is 2.05. The molecule has 0 aliphatic carbocycles. The molecule has 5 heteroatoms. The van der Waals surface area contributed by atoms with Gasteiger partial charge in [0.1, 0.15) is 5.01 Å². The Morgan fingerprint density at radius 2 is 2.06 bits per heavy atom. The number of carboxylic acid groups (broad SMARTS) is 1. The highest BCUT2D eigenvalue weighted by molar-refractivity contribution is 7.15. The minimum absolute atomic E-state index is 0.224. The SMILES string of the molecule is CN[C@@H](C)c1ncc(-c2ccc(C(=O)O)cc2)s1. The van der Waals surface area contributed by atoms with Crippen LogP contribution in [0.1, 0.15) is 28.3 Å². The number of rotatable bonds is 4. The number of nitrogens with one attached hydrogen (secondary N) is 1. The number of aromatic nitrogens is 1. The zero-order valence-corrected chi connectivity index (χ0v) is 11.0. The van der Waals surface area contributed by atoms with Gasteiger partial charge in [-0.3, -0.25) is 0 Å². The summed E-state index contributed by atoms with van der Waals surface area (Å²) in [5, 5.41) is 13.0. The lowest BCUT2D eigenvalue weighted by molar-refractivity contribution is 0.0697. The van der Waals surface area contributed by atoms with Crippen molar-refractivity contribution in [3.63, 3.8) is 0 Å². The summed E-state index contributed by atoms with van der Waals surface area (Å²) >= 11 is 1.61. The number of carboxylic acids is 1. The van der Waals surface area contributed by atoms with E-state index in [4.69, 9.17) is 5.11 Å². The largest absolute Gasteiger partial charge is 0.478 e. The Labute approximate surface area is 109 Å². The summed E-state index contributed by atoms with van der Waals surface area (Å²) in [5.41, 5.74) is 1.29. The maximum atomic E-state index is 10.8.